The van der Waals surface area contributed by atoms with Crippen LogP contribution in [0, 0.1) is 23.3 Å². The largest absolute Gasteiger partial charge is 0.393 e. The lowest BCUT2D eigenvalue weighted by atomic mass is 9.90. The highest BCUT2D eigenvalue weighted by Gasteiger charge is 2.36. The van der Waals surface area contributed by atoms with E-state index in [9.17, 15) is 44.1 Å². The van der Waals surface area contributed by atoms with Crippen molar-refractivity contribution in [2.75, 3.05) is 7.11 Å². The van der Waals surface area contributed by atoms with E-state index >= 15 is 0 Å². The molecule has 22 heteroatoms. The molecule has 2 aliphatic rings. The Balaban J connectivity index is 0.000000191. The summed E-state index contributed by atoms with van der Waals surface area (Å²) in [5, 5.41) is 8.92. The molecule has 6 aromatic rings. The average Bonchev–Trinajstić information content (AvgIpc) is 4.00. The van der Waals surface area contributed by atoms with Gasteiger partial charge in [-0.15, -0.1) is 0 Å². The molecule has 2 aliphatic carbocycles. The number of aromatic nitrogens is 4. The van der Waals surface area contributed by atoms with E-state index in [0.717, 1.165) is 18.3 Å². The first kappa shape index (κ1) is 47.9. The summed E-state index contributed by atoms with van der Waals surface area (Å²) in [6.45, 7) is 0. The van der Waals surface area contributed by atoms with Gasteiger partial charge in [-0.3, -0.25) is 4.55 Å². The van der Waals surface area contributed by atoms with Crippen LogP contribution in [0.3, 0.4) is 0 Å². The Morgan fingerprint density at radius 3 is 1.59 bits per heavy atom. The van der Waals surface area contributed by atoms with Gasteiger partial charge in [0.15, 0.2) is 10.1 Å². The number of aromatic amines is 1. The molecule has 2 atom stereocenters. The van der Waals surface area contributed by atoms with Gasteiger partial charge in [-0.25, -0.2) is 40.7 Å². The third-order valence-corrected chi connectivity index (χ3v) is 14.5. The molecule has 2 unspecified atom stereocenters. The van der Waals surface area contributed by atoms with Crippen molar-refractivity contribution in [1.82, 2.24) is 24.2 Å². The molecule has 2 saturated carbocycles. The first-order chi connectivity index (χ1) is 30.2. The molecule has 0 aliphatic heterocycles. The Labute approximate surface area is 385 Å². The molecule has 64 heavy (non-hydrogen) atoms. The number of hydrogen-bond donors (Lipinski definition) is 4. The zero-order valence-corrected chi connectivity index (χ0v) is 37.9. The maximum Gasteiger partial charge on any atom is 0.311 e. The molecular weight excluding hydrogens is 968 g/mol. The number of nitrogens with one attached hydrogen (secondary N) is 2. The topological polar surface area (TPSA) is 176 Å². The minimum absolute atomic E-state index is 0.0378. The monoisotopic (exact) mass is 1000 g/mol. The number of sulfonamides is 1. The third kappa shape index (κ3) is 10.5. The van der Waals surface area contributed by atoms with E-state index in [0.29, 0.717) is 47.9 Å². The lowest BCUT2D eigenvalue weighted by molar-refractivity contribution is 0.0236. The summed E-state index contributed by atoms with van der Waals surface area (Å²) >= 11 is 23.9. The van der Waals surface area contributed by atoms with Gasteiger partial charge >= 0.3 is 10.1 Å². The van der Waals surface area contributed by atoms with E-state index in [1.54, 1.807) is 7.11 Å². The Morgan fingerprint density at radius 2 is 1.19 bits per heavy atom. The Kier molecular flexibility index (Phi) is 14.5. The molecule has 2 heterocycles. The zero-order chi connectivity index (χ0) is 46.2. The van der Waals surface area contributed by atoms with Crippen molar-refractivity contribution in [3.05, 3.63) is 162 Å². The van der Waals surface area contributed by atoms with Crippen LogP contribution in [0.2, 0.25) is 20.1 Å². The van der Waals surface area contributed by atoms with Gasteiger partial charge in [0.05, 0.1) is 56.5 Å². The predicted octanol–water partition coefficient (Wildman–Crippen LogP) is 9.61. The average molecular weight is 1010 g/mol. The van der Waals surface area contributed by atoms with E-state index in [1.165, 1.54) is 71.4 Å². The van der Waals surface area contributed by atoms with Gasteiger partial charge in [-0.1, -0.05) is 70.7 Å². The maximum absolute atomic E-state index is 13.8. The fourth-order valence-electron chi connectivity index (χ4n) is 7.81. The number of rotatable bonds is 12. The van der Waals surface area contributed by atoms with Crippen LogP contribution in [-0.2, 0) is 24.9 Å². The van der Waals surface area contributed by atoms with Crippen LogP contribution >= 0.6 is 46.4 Å². The highest BCUT2D eigenvalue weighted by molar-refractivity contribution is 7.89. The van der Waals surface area contributed by atoms with E-state index in [2.05, 4.69) is 19.7 Å². The van der Waals surface area contributed by atoms with Crippen molar-refractivity contribution in [3.8, 4) is 0 Å². The molecule has 0 saturated heterocycles. The number of aliphatic hydroxyl groups is 1. The van der Waals surface area contributed by atoms with Crippen LogP contribution in [0.15, 0.2) is 95.2 Å². The summed E-state index contributed by atoms with van der Waals surface area (Å²) in [7, 11) is -6.92. The fourth-order valence-corrected chi connectivity index (χ4v) is 10.4. The van der Waals surface area contributed by atoms with E-state index in [1.807, 2.05) is 0 Å². The van der Waals surface area contributed by atoms with E-state index < -0.39 is 72.4 Å². The molecule has 4 N–H and O–H groups in total. The number of benzene rings is 4. The van der Waals surface area contributed by atoms with Crippen molar-refractivity contribution in [2.45, 2.75) is 78.3 Å². The molecular formula is C42H37Cl4F4N5O7S2. The lowest BCUT2D eigenvalue weighted by Crippen LogP contribution is -2.47. The Bertz CT molecular complexity index is 2820. The summed E-state index contributed by atoms with van der Waals surface area (Å²) < 4.78 is 124. The first-order valence-electron chi connectivity index (χ1n) is 19.4. The third-order valence-electron chi connectivity index (χ3n) is 11.0. The van der Waals surface area contributed by atoms with E-state index in [-0.39, 0.29) is 55.3 Å². The number of aliphatic hydroxyl groups excluding tert-OH is 1. The number of hydrogen-bond acceptors (Lipinski definition) is 8. The number of ether oxygens (including phenoxy) is 1. The lowest BCUT2D eigenvalue weighted by Gasteiger charge is -2.34. The molecule has 0 spiro atoms. The van der Waals surface area contributed by atoms with Gasteiger partial charge in [-0.05, 0) is 103 Å². The second-order valence-electron chi connectivity index (χ2n) is 15.3. The van der Waals surface area contributed by atoms with Crippen molar-refractivity contribution in [2.24, 2.45) is 0 Å². The summed E-state index contributed by atoms with van der Waals surface area (Å²) in [5.74, 6) is -3.57. The summed E-state index contributed by atoms with van der Waals surface area (Å²) in [6.07, 6.45) is 3.96. The second kappa shape index (κ2) is 19.4. The summed E-state index contributed by atoms with van der Waals surface area (Å²) in [6, 6.07) is 15.5. The Morgan fingerprint density at radius 1 is 0.719 bits per heavy atom. The summed E-state index contributed by atoms with van der Waals surface area (Å²) in [5.41, 5.74) is 1.94. The zero-order valence-electron chi connectivity index (χ0n) is 33.2. The second-order valence-corrected chi connectivity index (χ2v) is 19.9. The number of halogens is 8. The van der Waals surface area contributed by atoms with Gasteiger partial charge in [0.2, 0.25) is 0 Å². The summed E-state index contributed by atoms with van der Waals surface area (Å²) in [4.78, 5) is 11.4. The van der Waals surface area contributed by atoms with Crippen molar-refractivity contribution < 1.29 is 48.8 Å². The minimum atomic E-state index is -4.65. The standard InChI is InChI=1S/C21H19Cl2F2N3O3S.C21H18Cl2F2N2O4S/c1-31-14-8-13(9-14)28-32(29,30)19-10-26-21(27-19)20(11-2-4-17(24)15(22)6-11)12-3-5-18(25)16(23)7-12;22-15-7-11(1-5-17(15)24)20(12-2-6-18(25)16(23)8-12)21-26-10-19(32(29,30)31)27(21)13-3-4-14(28)9-13/h2-7,10,13-14,20,28H,8-9H2,1H3,(H,26,27);1-2,5-8,10,13-14,20,28H,3-4,9H2,(H,29,30,31). The molecule has 0 bridgehead atoms. The van der Waals surface area contributed by atoms with Crippen molar-refractivity contribution in [3.63, 3.8) is 0 Å². The van der Waals surface area contributed by atoms with Gasteiger partial charge in [0.25, 0.3) is 10.0 Å². The van der Waals surface area contributed by atoms with Crippen LogP contribution in [0.4, 0.5) is 17.6 Å². The maximum atomic E-state index is 13.8. The van der Waals surface area contributed by atoms with Crippen LogP contribution in [0.5, 0.6) is 0 Å². The molecule has 4 aromatic carbocycles. The van der Waals surface area contributed by atoms with Crippen LogP contribution in [0.25, 0.3) is 0 Å². The SMILES string of the molecule is COC1CC(NS(=O)(=O)c2cnc(C(c3ccc(F)c(Cl)c3)c3ccc(F)c(Cl)c3)[nH]2)C1.O=S(=O)(O)c1cnc(C(c2ccc(F)c(Cl)c2)c2ccc(F)c(Cl)c2)n1C1CCC(O)C1. The Hall–Kier alpha value is -4.08. The highest BCUT2D eigenvalue weighted by Crippen LogP contribution is 2.41. The minimum Gasteiger partial charge on any atom is -0.393 e. The van der Waals surface area contributed by atoms with Crippen LogP contribution in [-0.4, -0.2) is 71.4 Å². The molecule has 2 fully saturated rings. The van der Waals surface area contributed by atoms with Gasteiger partial charge < -0.3 is 19.4 Å². The number of nitrogens with zero attached hydrogens (tertiary/aromatic N) is 3. The smallest absolute Gasteiger partial charge is 0.311 e. The van der Waals surface area contributed by atoms with Crippen LogP contribution < -0.4 is 4.72 Å². The quantitative estimate of drug-likeness (QED) is 0.0687. The number of methoxy groups -OCH3 is 1. The van der Waals surface area contributed by atoms with Gasteiger partial charge in [-0.2, -0.15) is 8.42 Å². The molecule has 12 nitrogen and oxygen atoms in total. The van der Waals surface area contributed by atoms with Crippen molar-refractivity contribution >= 4 is 66.5 Å². The van der Waals surface area contributed by atoms with E-state index in [4.69, 9.17) is 51.1 Å². The molecule has 340 valence electrons. The fraction of sp³-hybridized carbons (Fsp3) is 0.286. The van der Waals surface area contributed by atoms with Gasteiger partial charge in [0, 0.05) is 19.2 Å². The molecule has 0 radical (unpaired) electrons. The number of H-pyrrole nitrogens is 1. The molecule has 2 aromatic heterocycles. The first-order valence-corrected chi connectivity index (χ1v) is 23.8. The van der Waals surface area contributed by atoms with Gasteiger partial charge in [0.1, 0.15) is 34.9 Å². The highest BCUT2D eigenvalue weighted by atomic mass is 35.5. The molecule has 8 rings (SSSR count). The predicted molar refractivity (Wildman–Crippen MR) is 231 cm³/mol. The van der Waals surface area contributed by atoms with Crippen LogP contribution in [0.1, 0.15) is 83.9 Å². The number of imidazole rings is 2. The normalized spacial score (nSPS) is 18.9. The van der Waals surface area contributed by atoms with Crippen molar-refractivity contribution in [1.29, 1.82) is 0 Å². The molecule has 0 amide bonds.